The monoisotopic (exact) mass is 278 g/mol. The van der Waals surface area contributed by atoms with Crippen LogP contribution in [-0.2, 0) is 4.79 Å². The number of aromatic hydroxyl groups is 1. The number of benzene rings is 1. The molecule has 0 spiro atoms. The highest BCUT2D eigenvalue weighted by Crippen LogP contribution is 2.29. The van der Waals surface area contributed by atoms with Gasteiger partial charge >= 0.3 is 0 Å². The van der Waals surface area contributed by atoms with Crippen LogP contribution in [0.4, 0.5) is 0 Å². The Morgan fingerprint density at radius 2 is 1.80 bits per heavy atom. The third-order valence-electron chi connectivity index (χ3n) is 3.72. The topological polar surface area (TPSA) is 43.8 Å². The van der Waals surface area contributed by atoms with Gasteiger partial charge in [0.15, 0.2) is 0 Å². The highest BCUT2D eigenvalue weighted by molar-refractivity contribution is 5.78. The predicted octanol–water partition coefficient (Wildman–Crippen LogP) is 2.64. The fraction of sp³-hybridized carbons (Fsp3) is 0.562. The van der Waals surface area contributed by atoms with E-state index in [9.17, 15) is 9.90 Å². The minimum atomic E-state index is 0.0516. The first-order chi connectivity index (χ1) is 9.54. The third kappa shape index (κ3) is 3.97. The maximum absolute atomic E-state index is 12.2. The molecule has 1 unspecified atom stereocenters. The van der Waals surface area contributed by atoms with Crippen LogP contribution in [0.15, 0.2) is 24.3 Å². The number of phenols is 1. The molecule has 0 saturated carbocycles. The Bertz CT molecular complexity index is 430. The molecule has 0 aliphatic carbocycles. The first kappa shape index (κ1) is 16.5. The number of nitrogens with zero attached hydrogens (tertiary/aromatic N) is 2. The molecule has 0 bridgehead atoms. The second kappa shape index (κ2) is 7.90. The maximum Gasteiger partial charge on any atom is 0.236 e. The van der Waals surface area contributed by atoms with Gasteiger partial charge in [0.25, 0.3) is 0 Å². The van der Waals surface area contributed by atoms with E-state index >= 15 is 0 Å². The van der Waals surface area contributed by atoms with Crippen LogP contribution in [0.2, 0.25) is 0 Å². The zero-order valence-corrected chi connectivity index (χ0v) is 13.0. The van der Waals surface area contributed by atoms with Crippen molar-refractivity contribution in [2.75, 3.05) is 26.7 Å². The minimum Gasteiger partial charge on any atom is -0.508 e. The molecule has 20 heavy (non-hydrogen) atoms. The van der Waals surface area contributed by atoms with E-state index in [1.165, 1.54) is 0 Å². The van der Waals surface area contributed by atoms with Crippen LogP contribution in [0.25, 0.3) is 0 Å². The van der Waals surface area contributed by atoms with Crippen molar-refractivity contribution in [3.63, 3.8) is 0 Å². The Labute approximate surface area is 122 Å². The van der Waals surface area contributed by atoms with Crippen LogP contribution in [0.3, 0.4) is 0 Å². The number of para-hydroxylation sites is 1. The molecule has 112 valence electrons. The largest absolute Gasteiger partial charge is 0.508 e. The van der Waals surface area contributed by atoms with Crippen LogP contribution in [0, 0.1) is 0 Å². The van der Waals surface area contributed by atoms with E-state index in [4.69, 9.17) is 0 Å². The molecule has 0 saturated heterocycles. The second-order valence-corrected chi connectivity index (χ2v) is 4.96. The molecule has 1 aromatic rings. The first-order valence-corrected chi connectivity index (χ1v) is 7.30. The lowest BCUT2D eigenvalue weighted by atomic mass is 10.0. The summed E-state index contributed by atoms with van der Waals surface area (Å²) in [5, 5.41) is 9.97. The van der Waals surface area contributed by atoms with Crippen molar-refractivity contribution in [2.45, 2.75) is 33.2 Å². The molecule has 0 aliphatic rings. The normalized spacial score (nSPS) is 12.4. The highest BCUT2D eigenvalue weighted by Gasteiger charge is 2.21. The van der Waals surface area contributed by atoms with Crippen molar-refractivity contribution in [3.05, 3.63) is 29.8 Å². The summed E-state index contributed by atoms with van der Waals surface area (Å²) in [6.07, 6.45) is 0.847. The summed E-state index contributed by atoms with van der Waals surface area (Å²) >= 11 is 0. The van der Waals surface area contributed by atoms with Crippen molar-refractivity contribution >= 4 is 5.91 Å². The lowest BCUT2D eigenvalue weighted by Crippen LogP contribution is -2.40. The molecule has 1 rings (SSSR count). The van der Waals surface area contributed by atoms with Gasteiger partial charge in [0.05, 0.1) is 6.54 Å². The quantitative estimate of drug-likeness (QED) is 0.834. The summed E-state index contributed by atoms with van der Waals surface area (Å²) in [6.45, 7) is 7.88. The molecule has 1 atom stereocenters. The van der Waals surface area contributed by atoms with Crippen molar-refractivity contribution in [1.29, 1.82) is 0 Å². The summed E-state index contributed by atoms with van der Waals surface area (Å²) in [5.41, 5.74) is 0.879. The van der Waals surface area contributed by atoms with Gasteiger partial charge < -0.3 is 10.0 Å². The van der Waals surface area contributed by atoms with Crippen LogP contribution in [0.5, 0.6) is 5.75 Å². The van der Waals surface area contributed by atoms with E-state index < -0.39 is 0 Å². The Morgan fingerprint density at radius 3 is 2.30 bits per heavy atom. The molecule has 1 aromatic carbocycles. The highest BCUT2D eigenvalue weighted by atomic mass is 16.3. The molecular formula is C16H26N2O2. The molecule has 4 heteroatoms. The Morgan fingerprint density at radius 1 is 1.20 bits per heavy atom. The van der Waals surface area contributed by atoms with E-state index in [1.54, 1.807) is 6.07 Å². The Balaban J connectivity index is 2.80. The van der Waals surface area contributed by atoms with Crippen LogP contribution < -0.4 is 0 Å². The second-order valence-electron chi connectivity index (χ2n) is 4.96. The summed E-state index contributed by atoms with van der Waals surface area (Å²) < 4.78 is 0. The smallest absolute Gasteiger partial charge is 0.236 e. The van der Waals surface area contributed by atoms with E-state index in [1.807, 2.05) is 48.9 Å². The van der Waals surface area contributed by atoms with Gasteiger partial charge in [-0.3, -0.25) is 9.69 Å². The molecule has 4 nitrogen and oxygen atoms in total. The van der Waals surface area contributed by atoms with E-state index in [0.717, 1.165) is 25.1 Å². The molecule has 0 aliphatic heterocycles. The number of carbonyl (C=O) groups excluding carboxylic acids is 1. The SMILES string of the molecule is CCC(c1ccccc1O)N(C)CC(=O)N(CC)CC. The number of carbonyl (C=O) groups is 1. The van der Waals surface area contributed by atoms with E-state index in [0.29, 0.717) is 12.3 Å². The standard InChI is InChI=1S/C16H26N2O2/c1-5-14(13-10-8-9-11-15(13)19)17(4)12-16(20)18(6-2)7-3/h8-11,14,19H,5-7,12H2,1-4H3. The lowest BCUT2D eigenvalue weighted by Gasteiger charge is -2.29. The third-order valence-corrected chi connectivity index (χ3v) is 3.72. The molecule has 1 amide bonds. The van der Waals surface area contributed by atoms with E-state index in [-0.39, 0.29) is 11.9 Å². The van der Waals surface area contributed by atoms with Gasteiger partial charge in [-0.25, -0.2) is 0 Å². The minimum absolute atomic E-state index is 0.0516. The average molecular weight is 278 g/mol. The zero-order chi connectivity index (χ0) is 15.1. The molecular weight excluding hydrogens is 252 g/mol. The number of hydrogen-bond donors (Lipinski definition) is 1. The van der Waals surface area contributed by atoms with Gasteiger partial charge in [0.2, 0.25) is 5.91 Å². The predicted molar refractivity (Wildman–Crippen MR) is 81.7 cm³/mol. The summed E-state index contributed by atoms with van der Waals surface area (Å²) in [4.78, 5) is 16.0. The van der Waals surface area contributed by atoms with Gasteiger partial charge in [-0.1, -0.05) is 25.1 Å². The van der Waals surface area contributed by atoms with Gasteiger partial charge in [-0.2, -0.15) is 0 Å². The lowest BCUT2D eigenvalue weighted by molar-refractivity contribution is -0.132. The molecule has 0 fully saturated rings. The van der Waals surface area contributed by atoms with Gasteiger partial charge in [0, 0.05) is 24.7 Å². The fourth-order valence-corrected chi connectivity index (χ4v) is 2.54. The number of rotatable bonds is 7. The first-order valence-electron chi connectivity index (χ1n) is 7.30. The number of amides is 1. The van der Waals surface area contributed by atoms with Gasteiger partial charge in [0.1, 0.15) is 5.75 Å². The zero-order valence-electron chi connectivity index (χ0n) is 13.0. The van der Waals surface area contributed by atoms with Crippen LogP contribution >= 0.6 is 0 Å². The number of hydrogen-bond acceptors (Lipinski definition) is 3. The maximum atomic E-state index is 12.2. The Kier molecular flexibility index (Phi) is 6.52. The summed E-state index contributed by atoms with van der Waals surface area (Å²) in [7, 11) is 1.93. The molecule has 0 heterocycles. The number of likely N-dealkylation sites (N-methyl/N-ethyl adjacent to an activating group) is 2. The van der Waals surface area contributed by atoms with Crippen molar-refractivity contribution in [3.8, 4) is 5.75 Å². The van der Waals surface area contributed by atoms with E-state index in [2.05, 4.69) is 6.92 Å². The van der Waals surface area contributed by atoms with Crippen LogP contribution in [-0.4, -0.2) is 47.5 Å². The van der Waals surface area contributed by atoms with Gasteiger partial charge in [-0.15, -0.1) is 0 Å². The summed E-state index contributed by atoms with van der Waals surface area (Å²) in [6, 6.07) is 7.39. The van der Waals surface area contributed by atoms with Crippen molar-refractivity contribution < 1.29 is 9.90 Å². The molecule has 0 radical (unpaired) electrons. The molecule has 0 aromatic heterocycles. The average Bonchev–Trinajstić information content (AvgIpc) is 2.43. The molecule has 1 N–H and O–H groups in total. The van der Waals surface area contributed by atoms with Crippen molar-refractivity contribution in [1.82, 2.24) is 9.80 Å². The fourth-order valence-electron chi connectivity index (χ4n) is 2.54. The number of phenolic OH excluding ortho intramolecular Hbond substituents is 1. The summed E-state index contributed by atoms with van der Waals surface area (Å²) in [5.74, 6) is 0.424. The van der Waals surface area contributed by atoms with Crippen molar-refractivity contribution in [2.24, 2.45) is 0 Å². The van der Waals surface area contributed by atoms with Crippen LogP contribution in [0.1, 0.15) is 38.8 Å². The van der Waals surface area contributed by atoms with Gasteiger partial charge in [-0.05, 0) is 33.4 Å². The Hall–Kier alpha value is -1.55.